The average molecular weight is 295 g/mol. The largest absolute Gasteiger partial charge is 0.493 e. The third kappa shape index (κ3) is 2.51. The summed E-state index contributed by atoms with van der Waals surface area (Å²) in [6.07, 6.45) is 0.922. The fourth-order valence-corrected chi connectivity index (χ4v) is 2.52. The molecule has 1 aromatic heterocycles. The number of nitrogens with zero attached hydrogens (tertiary/aromatic N) is 2. The Morgan fingerprint density at radius 2 is 2.15 bits per heavy atom. The first kappa shape index (κ1) is 13.4. The molecule has 6 heteroatoms. The zero-order valence-corrected chi connectivity index (χ0v) is 12.1. The predicted molar refractivity (Wildman–Crippen MR) is 75.7 cm³/mol. The van der Waals surface area contributed by atoms with Crippen LogP contribution in [0.25, 0.3) is 10.9 Å². The molecule has 2 heterocycles. The SMILES string of the molecule is COc1cc2nc(C)nc(Cl)c2cc1O[C@H]1CCOC1. The van der Waals surface area contributed by atoms with Crippen LogP contribution in [0, 0.1) is 6.92 Å². The van der Waals surface area contributed by atoms with Gasteiger partial charge in [-0.1, -0.05) is 11.6 Å². The van der Waals surface area contributed by atoms with Gasteiger partial charge in [0, 0.05) is 17.9 Å². The summed E-state index contributed by atoms with van der Waals surface area (Å²) in [4.78, 5) is 8.53. The van der Waals surface area contributed by atoms with Crippen molar-refractivity contribution in [3.8, 4) is 11.5 Å². The number of methoxy groups -OCH3 is 1. The molecule has 0 unspecified atom stereocenters. The Morgan fingerprint density at radius 3 is 2.85 bits per heavy atom. The Kier molecular flexibility index (Phi) is 3.63. The minimum atomic E-state index is 0.0477. The molecule has 1 aromatic carbocycles. The molecule has 0 spiro atoms. The van der Waals surface area contributed by atoms with E-state index in [0.717, 1.165) is 23.9 Å². The Hall–Kier alpha value is -1.59. The summed E-state index contributed by atoms with van der Waals surface area (Å²) in [6, 6.07) is 3.65. The van der Waals surface area contributed by atoms with E-state index in [1.165, 1.54) is 0 Å². The van der Waals surface area contributed by atoms with E-state index in [1.807, 2.05) is 12.1 Å². The van der Waals surface area contributed by atoms with Crippen LogP contribution in [-0.2, 0) is 4.74 Å². The van der Waals surface area contributed by atoms with Crippen LogP contribution >= 0.6 is 11.6 Å². The van der Waals surface area contributed by atoms with Gasteiger partial charge in [-0.2, -0.15) is 0 Å². The highest BCUT2D eigenvalue weighted by Crippen LogP contribution is 2.35. The summed E-state index contributed by atoms with van der Waals surface area (Å²) in [5.41, 5.74) is 0.745. The molecular formula is C14H15ClN2O3. The van der Waals surface area contributed by atoms with E-state index < -0.39 is 0 Å². The van der Waals surface area contributed by atoms with Crippen molar-refractivity contribution in [2.45, 2.75) is 19.4 Å². The zero-order valence-electron chi connectivity index (χ0n) is 11.4. The maximum atomic E-state index is 6.17. The lowest BCUT2D eigenvalue weighted by Crippen LogP contribution is -2.16. The molecule has 0 bridgehead atoms. The third-order valence-corrected chi connectivity index (χ3v) is 3.52. The number of halogens is 1. The van der Waals surface area contributed by atoms with Crippen molar-refractivity contribution in [3.05, 3.63) is 23.1 Å². The smallest absolute Gasteiger partial charge is 0.162 e. The minimum absolute atomic E-state index is 0.0477. The molecule has 0 aliphatic carbocycles. The van der Waals surface area contributed by atoms with Gasteiger partial charge in [-0.3, -0.25) is 0 Å². The van der Waals surface area contributed by atoms with E-state index in [1.54, 1.807) is 14.0 Å². The molecule has 0 amide bonds. The Labute approximate surface area is 121 Å². The molecule has 1 fully saturated rings. The van der Waals surface area contributed by atoms with Crippen molar-refractivity contribution in [2.75, 3.05) is 20.3 Å². The summed E-state index contributed by atoms with van der Waals surface area (Å²) >= 11 is 6.17. The van der Waals surface area contributed by atoms with Crippen LogP contribution in [0.4, 0.5) is 0 Å². The highest BCUT2D eigenvalue weighted by Gasteiger charge is 2.20. The molecule has 0 N–H and O–H groups in total. The fourth-order valence-electron chi connectivity index (χ4n) is 2.25. The molecule has 0 radical (unpaired) electrons. The number of aromatic nitrogens is 2. The molecular weight excluding hydrogens is 280 g/mol. The topological polar surface area (TPSA) is 53.5 Å². The van der Waals surface area contributed by atoms with E-state index in [9.17, 15) is 0 Å². The lowest BCUT2D eigenvalue weighted by molar-refractivity contribution is 0.139. The van der Waals surface area contributed by atoms with Crippen LogP contribution in [0.3, 0.4) is 0 Å². The quantitative estimate of drug-likeness (QED) is 0.815. The molecule has 3 rings (SSSR count). The van der Waals surface area contributed by atoms with Crippen molar-refractivity contribution < 1.29 is 14.2 Å². The molecule has 1 saturated heterocycles. The number of hydrogen-bond donors (Lipinski definition) is 0. The van der Waals surface area contributed by atoms with Gasteiger partial charge in [0.1, 0.15) is 17.1 Å². The van der Waals surface area contributed by atoms with Crippen LogP contribution in [0.15, 0.2) is 12.1 Å². The van der Waals surface area contributed by atoms with Gasteiger partial charge in [0.05, 0.1) is 25.8 Å². The average Bonchev–Trinajstić information content (AvgIpc) is 2.91. The van der Waals surface area contributed by atoms with Crippen molar-refractivity contribution in [3.63, 3.8) is 0 Å². The van der Waals surface area contributed by atoms with Gasteiger partial charge in [-0.15, -0.1) is 0 Å². The number of benzene rings is 1. The Balaban J connectivity index is 2.05. The number of fused-ring (bicyclic) bond motifs is 1. The van der Waals surface area contributed by atoms with Crippen LogP contribution < -0.4 is 9.47 Å². The molecule has 0 saturated carbocycles. The number of ether oxygens (including phenoxy) is 3. The summed E-state index contributed by atoms with van der Waals surface area (Å²) in [7, 11) is 1.61. The molecule has 106 valence electrons. The molecule has 20 heavy (non-hydrogen) atoms. The first-order valence-electron chi connectivity index (χ1n) is 6.43. The van der Waals surface area contributed by atoms with Gasteiger partial charge in [0.2, 0.25) is 0 Å². The zero-order chi connectivity index (χ0) is 14.1. The maximum Gasteiger partial charge on any atom is 0.162 e. The van der Waals surface area contributed by atoms with Crippen LogP contribution in [0.2, 0.25) is 5.15 Å². The van der Waals surface area contributed by atoms with Gasteiger partial charge in [0.25, 0.3) is 0 Å². The molecule has 5 nitrogen and oxygen atoms in total. The maximum absolute atomic E-state index is 6.17. The Morgan fingerprint density at radius 1 is 1.30 bits per heavy atom. The van der Waals surface area contributed by atoms with E-state index >= 15 is 0 Å². The van der Waals surface area contributed by atoms with Crippen molar-refractivity contribution in [2.24, 2.45) is 0 Å². The molecule has 1 aliphatic rings. The molecule has 1 aliphatic heterocycles. The van der Waals surface area contributed by atoms with Gasteiger partial charge < -0.3 is 14.2 Å². The number of hydrogen-bond acceptors (Lipinski definition) is 5. The number of aryl methyl sites for hydroxylation is 1. The second-order valence-electron chi connectivity index (χ2n) is 4.69. The minimum Gasteiger partial charge on any atom is -0.493 e. The van der Waals surface area contributed by atoms with Crippen LogP contribution in [0.5, 0.6) is 11.5 Å². The summed E-state index contributed by atoms with van der Waals surface area (Å²) < 4.78 is 16.6. The van der Waals surface area contributed by atoms with Crippen molar-refractivity contribution in [1.82, 2.24) is 9.97 Å². The monoisotopic (exact) mass is 294 g/mol. The van der Waals surface area contributed by atoms with Gasteiger partial charge in [0.15, 0.2) is 11.5 Å². The Bertz CT molecular complexity index is 642. The summed E-state index contributed by atoms with van der Waals surface area (Å²) in [5.74, 6) is 1.91. The van der Waals surface area contributed by atoms with E-state index in [4.69, 9.17) is 25.8 Å². The van der Waals surface area contributed by atoms with Crippen molar-refractivity contribution >= 4 is 22.5 Å². The standard InChI is InChI=1S/C14H15ClN2O3/c1-8-16-11-6-12(18-2)13(5-10(11)14(15)17-8)20-9-3-4-19-7-9/h5-6,9H,3-4,7H2,1-2H3/t9-/m0/s1. The van der Waals surface area contributed by atoms with Gasteiger partial charge >= 0.3 is 0 Å². The molecule has 2 aromatic rings. The van der Waals surface area contributed by atoms with E-state index in [-0.39, 0.29) is 6.10 Å². The highest BCUT2D eigenvalue weighted by molar-refractivity contribution is 6.34. The number of rotatable bonds is 3. The summed E-state index contributed by atoms with van der Waals surface area (Å²) in [5, 5.41) is 1.18. The first-order chi connectivity index (χ1) is 9.67. The third-order valence-electron chi connectivity index (χ3n) is 3.23. The van der Waals surface area contributed by atoms with Crippen molar-refractivity contribution in [1.29, 1.82) is 0 Å². The van der Waals surface area contributed by atoms with Gasteiger partial charge in [-0.05, 0) is 13.0 Å². The lowest BCUT2D eigenvalue weighted by atomic mass is 10.2. The fraction of sp³-hybridized carbons (Fsp3) is 0.429. The van der Waals surface area contributed by atoms with E-state index in [2.05, 4.69) is 9.97 Å². The normalized spacial score (nSPS) is 18.4. The second kappa shape index (κ2) is 5.42. The van der Waals surface area contributed by atoms with E-state index in [0.29, 0.717) is 29.1 Å². The van der Waals surface area contributed by atoms with Gasteiger partial charge in [-0.25, -0.2) is 9.97 Å². The first-order valence-corrected chi connectivity index (χ1v) is 6.81. The summed E-state index contributed by atoms with van der Waals surface area (Å²) in [6.45, 7) is 3.13. The second-order valence-corrected chi connectivity index (χ2v) is 5.04. The molecule has 1 atom stereocenters. The van der Waals surface area contributed by atoms with Crippen LogP contribution in [0.1, 0.15) is 12.2 Å². The highest BCUT2D eigenvalue weighted by atomic mass is 35.5. The predicted octanol–water partition coefficient (Wildman–Crippen LogP) is 2.77. The van der Waals surface area contributed by atoms with Crippen LogP contribution in [-0.4, -0.2) is 36.4 Å². The lowest BCUT2D eigenvalue weighted by Gasteiger charge is -2.16.